The molecule has 2 amide bonds. The Balaban J connectivity index is 1.62. The van der Waals surface area contributed by atoms with Crippen LogP contribution in [0.5, 0.6) is 0 Å². The van der Waals surface area contributed by atoms with Gasteiger partial charge in [-0.3, -0.25) is 39.2 Å². The van der Waals surface area contributed by atoms with Crippen LogP contribution in [0.1, 0.15) is 37.3 Å². The second kappa shape index (κ2) is 9.37. The Kier molecular flexibility index (Phi) is 6.32. The maximum Gasteiger partial charge on any atom is 0.331 e. The van der Waals surface area contributed by atoms with Crippen LogP contribution in [0.4, 0.5) is 0 Å². The maximum atomic E-state index is 12.9. The smallest absolute Gasteiger partial charge is 0.284 e. The van der Waals surface area contributed by atoms with Crippen molar-refractivity contribution in [2.45, 2.75) is 39.9 Å². The van der Waals surface area contributed by atoms with Gasteiger partial charge in [-0.2, -0.15) is 5.10 Å². The largest absolute Gasteiger partial charge is 0.331 e. The molecule has 0 aliphatic carbocycles. The van der Waals surface area contributed by atoms with Crippen LogP contribution in [-0.2, 0) is 17.9 Å². The molecule has 4 rings (SSSR count). The molecule has 0 radical (unpaired) electrons. The standard InChI is InChI=1S/C24H24N6O5/c1-4-28-22(33)17-11-7-8-12-18(17)29(24(28)35)13-19(31)25-26-21(32)20-15-9-5-6-10-16(15)23(34)30(27-20)14(2)3/h5-12,14H,4,13H2,1-3H3,(H,25,31)(H,26,32). The average molecular weight is 476 g/mol. The van der Waals surface area contributed by atoms with Crippen LogP contribution in [0.25, 0.3) is 21.7 Å². The van der Waals surface area contributed by atoms with E-state index in [9.17, 15) is 24.0 Å². The van der Waals surface area contributed by atoms with E-state index in [1.54, 1.807) is 69.3 Å². The van der Waals surface area contributed by atoms with Gasteiger partial charge in [0, 0.05) is 11.9 Å². The molecule has 0 spiro atoms. The first-order valence-corrected chi connectivity index (χ1v) is 11.1. The zero-order valence-corrected chi connectivity index (χ0v) is 19.4. The molecule has 2 aromatic heterocycles. The van der Waals surface area contributed by atoms with Crippen molar-refractivity contribution in [2.24, 2.45) is 0 Å². The summed E-state index contributed by atoms with van der Waals surface area (Å²) in [7, 11) is 0. The number of carbonyl (C=O) groups excluding carboxylic acids is 2. The summed E-state index contributed by atoms with van der Waals surface area (Å²) in [5.41, 5.74) is 3.48. The van der Waals surface area contributed by atoms with E-state index in [4.69, 9.17) is 0 Å². The predicted molar refractivity (Wildman–Crippen MR) is 130 cm³/mol. The molecule has 11 heteroatoms. The molecule has 2 heterocycles. The van der Waals surface area contributed by atoms with Gasteiger partial charge in [-0.05, 0) is 39.0 Å². The van der Waals surface area contributed by atoms with Crippen molar-refractivity contribution in [3.05, 3.63) is 85.4 Å². The lowest BCUT2D eigenvalue weighted by Gasteiger charge is -2.15. The monoisotopic (exact) mass is 476 g/mol. The maximum absolute atomic E-state index is 12.9. The summed E-state index contributed by atoms with van der Waals surface area (Å²) < 4.78 is 3.42. The first-order valence-electron chi connectivity index (χ1n) is 11.1. The van der Waals surface area contributed by atoms with Gasteiger partial charge in [-0.15, -0.1) is 0 Å². The molecule has 2 aromatic carbocycles. The van der Waals surface area contributed by atoms with Crippen molar-refractivity contribution in [2.75, 3.05) is 0 Å². The number of rotatable bonds is 5. The molecule has 180 valence electrons. The first-order chi connectivity index (χ1) is 16.7. The van der Waals surface area contributed by atoms with E-state index in [-0.39, 0.29) is 23.8 Å². The Morgan fingerprint density at radius 1 is 0.857 bits per heavy atom. The van der Waals surface area contributed by atoms with Crippen molar-refractivity contribution >= 4 is 33.5 Å². The fourth-order valence-corrected chi connectivity index (χ4v) is 3.90. The number of aromatic nitrogens is 4. The van der Waals surface area contributed by atoms with Gasteiger partial charge in [-0.25, -0.2) is 9.48 Å². The van der Waals surface area contributed by atoms with Gasteiger partial charge in [0.15, 0.2) is 5.69 Å². The lowest BCUT2D eigenvalue weighted by Crippen LogP contribution is -2.47. The highest BCUT2D eigenvalue weighted by atomic mass is 16.2. The van der Waals surface area contributed by atoms with E-state index in [0.29, 0.717) is 21.7 Å². The zero-order chi connectivity index (χ0) is 25.3. The number of fused-ring (bicyclic) bond motifs is 2. The predicted octanol–water partition coefficient (Wildman–Crippen LogP) is 0.935. The van der Waals surface area contributed by atoms with Crippen LogP contribution in [0.2, 0.25) is 0 Å². The van der Waals surface area contributed by atoms with Crippen LogP contribution in [-0.4, -0.2) is 30.7 Å². The first kappa shape index (κ1) is 23.6. The second-order valence-electron chi connectivity index (χ2n) is 8.18. The Morgan fingerprint density at radius 2 is 1.49 bits per heavy atom. The van der Waals surface area contributed by atoms with Crippen molar-refractivity contribution in [1.82, 2.24) is 29.8 Å². The van der Waals surface area contributed by atoms with E-state index in [1.807, 2.05) is 0 Å². The van der Waals surface area contributed by atoms with Crippen LogP contribution in [0.15, 0.2) is 62.9 Å². The van der Waals surface area contributed by atoms with Gasteiger partial charge in [0.05, 0.1) is 22.3 Å². The molecule has 35 heavy (non-hydrogen) atoms. The molecule has 0 unspecified atom stereocenters. The summed E-state index contributed by atoms with van der Waals surface area (Å²) in [5.74, 6) is -1.41. The number of para-hydroxylation sites is 1. The topological polar surface area (TPSA) is 137 Å². The number of carbonyl (C=O) groups is 2. The van der Waals surface area contributed by atoms with E-state index < -0.39 is 29.6 Å². The number of hydrazine groups is 1. The van der Waals surface area contributed by atoms with Gasteiger partial charge < -0.3 is 0 Å². The summed E-state index contributed by atoms with van der Waals surface area (Å²) in [4.78, 5) is 63.6. The number of amides is 2. The molecular weight excluding hydrogens is 452 g/mol. The number of nitrogens with one attached hydrogen (secondary N) is 2. The van der Waals surface area contributed by atoms with Crippen molar-refractivity contribution in [3.8, 4) is 0 Å². The van der Waals surface area contributed by atoms with Gasteiger partial charge >= 0.3 is 5.69 Å². The van der Waals surface area contributed by atoms with Gasteiger partial charge in [0.2, 0.25) is 0 Å². The fourth-order valence-electron chi connectivity index (χ4n) is 3.90. The summed E-state index contributed by atoms with van der Waals surface area (Å²) in [6.45, 7) is 4.91. The number of nitrogens with zero attached hydrogens (tertiary/aromatic N) is 4. The molecule has 2 N–H and O–H groups in total. The lowest BCUT2D eigenvalue weighted by atomic mass is 10.1. The summed E-state index contributed by atoms with van der Waals surface area (Å²) in [6.07, 6.45) is 0. The van der Waals surface area contributed by atoms with E-state index in [2.05, 4.69) is 16.0 Å². The minimum atomic E-state index is -0.723. The average Bonchev–Trinajstić information content (AvgIpc) is 2.85. The Labute approximate surface area is 198 Å². The lowest BCUT2D eigenvalue weighted by molar-refractivity contribution is -0.122. The Bertz CT molecular complexity index is 1650. The Morgan fingerprint density at radius 3 is 2.14 bits per heavy atom. The number of benzene rings is 2. The van der Waals surface area contributed by atoms with Crippen LogP contribution >= 0.6 is 0 Å². The van der Waals surface area contributed by atoms with E-state index in [0.717, 1.165) is 4.57 Å². The van der Waals surface area contributed by atoms with Gasteiger partial charge in [0.1, 0.15) is 6.54 Å². The van der Waals surface area contributed by atoms with Crippen molar-refractivity contribution < 1.29 is 9.59 Å². The van der Waals surface area contributed by atoms with E-state index in [1.165, 1.54) is 9.25 Å². The van der Waals surface area contributed by atoms with Crippen LogP contribution < -0.4 is 27.7 Å². The highest BCUT2D eigenvalue weighted by Crippen LogP contribution is 2.14. The molecule has 0 bridgehead atoms. The normalized spacial score (nSPS) is 11.2. The molecule has 0 saturated heterocycles. The third kappa shape index (κ3) is 4.23. The van der Waals surface area contributed by atoms with E-state index >= 15 is 0 Å². The summed E-state index contributed by atoms with van der Waals surface area (Å²) in [6, 6.07) is 12.8. The number of hydrogen-bond acceptors (Lipinski definition) is 6. The minimum absolute atomic E-state index is 0.0312. The molecule has 0 saturated carbocycles. The van der Waals surface area contributed by atoms with Gasteiger partial charge in [0.25, 0.3) is 22.9 Å². The third-order valence-electron chi connectivity index (χ3n) is 5.60. The van der Waals surface area contributed by atoms with Crippen molar-refractivity contribution in [3.63, 3.8) is 0 Å². The highest BCUT2D eigenvalue weighted by Gasteiger charge is 2.19. The summed E-state index contributed by atoms with van der Waals surface area (Å²) in [5, 5.41) is 5.17. The molecular formula is C24H24N6O5. The highest BCUT2D eigenvalue weighted by molar-refractivity contribution is 6.05. The molecule has 0 aliphatic heterocycles. The molecule has 0 atom stereocenters. The fraction of sp³-hybridized carbons (Fsp3) is 0.250. The summed E-state index contributed by atoms with van der Waals surface area (Å²) >= 11 is 0. The number of hydrogen-bond donors (Lipinski definition) is 2. The quantitative estimate of drug-likeness (QED) is 0.411. The molecule has 4 aromatic rings. The SMILES string of the molecule is CCn1c(=O)c2ccccc2n(CC(=O)NNC(=O)c2nn(C(C)C)c(=O)c3ccccc23)c1=O. The zero-order valence-electron chi connectivity index (χ0n) is 19.4. The molecule has 0 aliphatic rings. The second-order valence-corrected chi connectivity index (χ2v) is 8.18. The minimum Gasteiger partial charge on any atom is -0.284 e. The van der Waals surface area contributed by atoms with Crippen LogP contribution in [0, 0.1) is 0 Å². The van der Waals surface area contributed by atoms with Crippen molar-refractivity contribution in [1.29, 1.82) is 0 Å². The van der Waals surface area contributed by atoms with Crippen LogP contribution in [0.3, 0.4) is 0 Å². The Hall–Kier alpha value is -4.54. The van der Waals surface area contributed by atoms with Gasteiger partial charge in [-0.1, -0.05) is 30.3 Å². The molecule has 11 nitrogen and oxygen atoms in total. The molecule has 0 fully saturated rings. The third-order valence-corrected chi connectivity index (χ3v) is 5.60.